The van der Waals surface area contributed by atoms with Gasteiger partial charge in [0, 0.05) is 29.9 Å². The van der Waals surface area contributed by atoms with E-state index >= 15 is 0 Å². The van der Waals surface area contributed by atoms with E-state index in [1.54, 1.807) is 13.1 Å². The lowest BCUT2D eigenvalue weighted by Crippen LogP contribution is -2.70. The monoisotopic (exact) mass is 405 g/mol. The number of anilines is 1. The number of aryl methyl sites for hydroxylation is 2. The van der Waals surface area contributed by atoms with Crippen LogP contribution in [-0.2, 0) is 5.54 Å². The van der Waals surface area contributed by atoms with E-state index in [0.29, 0.717) is 29.1 Å². The van der Waals surface area contributed by atoms with Gasteiger partial charge in [0.2, 0.25) is 0 Å². The Balaban J connectivity index is 1.43. The molecule has 1 aromatic carbocycles. The zero-order valence-electron chi connectivity index (χ0n) is 17.2. The van der Waals surface area contributed by atoms with Crippen molar-refractivity contribution in [3.8, 4) is 11.4 Å². The molecule has 2 unspecified atom stereocenters. The van der Waals surface area contributed by atoms with Gasteiger partial charge < -0.3 is 14.7 Å². The van der Waals surface area contributed by atoms with Crippen molar-refractivity contribution in [2.45, 2.75) is 51.6 Å². The number of likely N-dealkylation sites (tertiary alicyclic amines) is 1. The lowest BCUT2D eigenvalue weighted by molar-refractivity contribution is -0.111. The molecule has 2 amide bonds. The number of aromatic nitrogens is 5. The maximum atomic E-state index is 13.3. The van der Waals surface area contributed by atoms with E-state index in [1.165, 1.54) is 6.20 Å². The Morgan fingerprint density at radius 2 is 2.13 bits per heavy atom. The van der Waals surface area contributed by atoms with Crippen LogP contribution in [0.3, 0.4) is 0 Å². The minimum atomic E-state index is -0.520. The zero-order chi connectivity index (χ0) is 20.9. The first-order valence-electron chi connectivity index (χ1n) is 10.1. The summed E-state index contributed by atoms with van der Waals surface area (Å²) in [5, 5.41) is 15.0. The molecule has 3 heterocycles. The summed E-state index contributed by atoms with van der Waals surface area (Å²) < 4.78 is 5.51. The Kier molecular flexibility index (Phi) is 4.27. The van der Waals surface area contributed by atoms with Crippen LogP contribution in [0.5, 0.6) is 0 Å². The number of benzene rings is 1. The third-order valence-corrected chi connectivity index (χ3v) is 6.12. The van der Waals surface area contributed by atoms with Crippen molar-refractivity contribution in [2.75, 3.05) is 5.32 Å². The van der Waals surface area contributed by atoms with Crippen LogP contribution in [0.25, 0.3) is 11.4 Å². The van der Waals surface area contributed by atoms with Crippen molar-refractivity contribution in [3.05, 3.63) is 47.9 Å². The van der Waals surface area contributed by atoms with Crippen LogP contribution >= 0.6 is 0 Å². The highest BCUT2D eigenvalue weighted by atomic mass is 16.5. The summed E-state index contributed by atoms with van der Waals surface area (Å²) in [6, 6.07) is 5.72. The second-order valence-corrected chi connectivity index (χ2v) is 8.38. The van der Waals surface area contributed by atoms with Gasteiger partial charge in [0.1, 0.15) is 5.54 Å². The first kappa shape index (κ1) is 18.7. The smallest absolute Gasteiger partial charge is 0.323 e. The summed E-state index contributed by atoms with van der Waals surface area (Å²) in [6.45, 7) is 5.98. The lowest BCUT2D eigenvalue weighted by atomic mass is 9.64. The van der Waals surface area contributed by atoms with Gasteiger partial charge in [-0.25, -0.2) is 9.78 Å². The van der Waals surface area contributed by atoms with E-state index in [9.17, 15) is 4.79 Å². The molecule has 2 aliphatic rings. The molecule has 30 heavy (non-hydrogen) atoms. The minimum absolute atomic E-state index is 0.157. The highest BCUT2D eigenvalue weighted by Gasteiger charge is 2.62. The molecule has 2 fully saturated rings. The number of fused-ring (bicyclic) bond motifs is 2. The van der Waals surface area contributed by atoms with Gasteiger partial charge in [-0.2, -0.15) is 10.1 Å². The van der Waals surface area contributed by atoms with E-state index in [-0.39, 0.29) is 12.1 Å². The normalized spacial score (nSPS) is 25.0. The number of carbonyl (C=O) groups excluding carboxylic acids is 1. The van der Waals surface area contributed by atoms with Crippen LogP contribution < -0.4 is 5.32 Å². The fourth-order valence-electron chi connectivity index (χ4n) is 4.93. The molecule has 5 rings (SSSR count). The molecular weight excluding hydrogens is 382 g/mol. The molecule has 0 radical (unpaired) electrons. The van der Waals surface area contributed by atoms with Gasteiger partial charge in [0.15, 0.2) is 11.6 Å². The number of piperidine rings is 1. The second kappa shape index (κ2) is 6.86. The van der Waals surface area contributed by atoms with Crippen LogP contribution in [0.4, 0.5) is 10.5 Å². The molecule has 1 aliphatic carbocycles. The number of urea groups is 1. The van der Waals surface area contributed by atoms with E-state index in [0.717, 1.165) is 30.4 Å². The number of hydrogen-bond acceptors (Lipinski definition) is 7. The van der Waals surface area contributed by atoms with Crippen molar-refractivity contribution < 1.29 is 9.32 Å². The van der Waals surface area contributed by atoms with Crippen molar-refractivity contribution >= 4 is 11.7 Å². The third-order valence-electron chi connectivity index (χ3n) is 6.12. The van der Waals surface area contributed by atoms with Gasteiger partial charge in [-0.3, -0.25) is 0 Å². The molecule has 3 atom stereocenters. The standard InChI is InChI=1S/C21H23N7O2/c1-12-8-16-11-21(10-12,19-24-14(3)27-30-19)28(16)20(29)25-15-5-4-13(2)17(9-15)18-22-6-7-23-26-18/h4-7,9,12,16H,8,10-11H2,1-3H3,(H,25,29)/t12-,16?,21?/m0/s1. The molecule has 2 bridgehead atoms. The molecule has 9 heteroatoms. The maximum absolute atomic E-state index is 13.3. The molecule has 1 N–H and O–H groups in total. The SMILES string of the molecule is Cc1noc(C23CC(C[C@H](C)C2)N3C(=O)Nc2ccc(C)c(-c3nccnn3)c2)n1. The average Bonchev–Trinajstić information content (AvgIpc) is 3.16. The first-order chi connectivity index (χ1) is 14.5. The van der Waals surface area contributed by atoms with Gasteiger partial charge >= 0.3 is 6.03 Å². The van der Waals surface area contributed by atoms with Crippen LogP contribution in [0.1, 0.15) is 43.5 Å². The zero-order valence-corrected chi connectivity index (χ0v) is 17.2. The van der Waals surface area contributed by atoms with Crippen LogP contribution in [0.2, 0.25) is 0 Å². The van der Waals surface area contributed by atoms with E-state index in [2.05, 4.69) is 37.6 Å². The molecule has 1 aliphatic heterocycles. The number of rotatable bonds is 3. The highest BCUT2D eigenvalue weighted by molar-refractivity contribution is 5.91. The Labute approximate surface area is 173 Å². The van der Waals surface area contributed by atoms with Gasteiger partial charge in [0.25, 0.3) is 5.89 Å². The third kappa shape index (κ3) is 2.92. The number of carbonyl (C=O) groups is 1. The van der Waals surface area contributed by atoms with Gasteiger partial charge in [0.05, 0.1) is 6.20 Å². The molecule has 3 aromatic rings. The predicted octanol–water partition coefficient (Wildman–Crippen LogP) is 3.47. The van der Waals surface area contributed by atoms with Gasteiger partial charge in [-0.1, -0.05) is 18.1 Å². The number of amides is 2. The second-order valence-electron chi connectivity index (χ2n) is 8.38. The number of hydrogen-bond donors (Lipinski definition) is 1. The summed E-state index contributed by atoms with van der Waals surface area (Å²) in [7, 11) is 0. The summed E-state index contributed by atoms with van der Waals surface area (Å²) in [5.41, 5.74) is 2.00. The summed E-state index contributed by atoms with van der Waals surface area (Å²) in [4.78, 5) is 23.9. The summed E-state index contributed by atoms with van der Waals surface area (Å²) in [6.07, 6.45) is 5.79. The Morgan fingerprint density at radius 3 is 2.87 bits per heavy atom. The minimum Gasteiger partial charge on any atom is -0.337 e. The van der Waals surface area contributed by atoms with Crippen molar-refractivity contribution in [1.82, 2.24) is 30.2 Å². The van der Waals surface area contributed by atoms with E-state index in [1.807, 2.05) is 30.0 Å². The highest BCUT2D eigenvalue weighted by Crippen LogP contribution is 2.55. The quantitative estimate of drug-likeness (QED) is 0.710. The average molecular weight is 405 g/mol. The van der Waals surface area contributed by atoms with Gasteiger partial charge in [-0.15, -0.1) is 5.10 Å². The Hall–Kier alpha value is -3.36. The molecule has 0 spiro atoms. The van der Waals surface area contributed by atoms with Crippen LogP contribution in [-0.4, -0.2) is 42.3 Å². The Bertz CT molecular complexity index is 1100. The molecule has 154 valence electrons. The van der Waals surface area contributed by atoms with Gasteiger partial charge in [-0.05, 0) is 50.3 Å². The van der Waals surface area contributed by atoms with Crippen molar-refractivity contribution in [2.24, 2.45) is 5.92 Å². The molecule has 2 aromatic heterocycles. The molecule has 9 nitrogen and oxygen atoms in total. The molecule has 1 saturated carbocycles. The molecule has 1 saturated heterocycles. The predicted molar refractivity (Wildman–Crippen MR) is 108 cm³/mol. The van der Waals surface area contributed by atoms with E-state index in [4.69, 9.17) is 4.52 Å². The number of nitrogens with one attached hydrogen (secondary N) is 1. The fourth-order valence-corrected chi connectivity index (χ4v) is 4.93. The van der Waals surface area contributed by atoms with Crippen molar-refractivity contribution in [3.63, 3.8) is 0 Å². The fraction of sp³-hybridized carbons (Fsp3) is 0.429. The largest absolute Gasteiger partial charge is 0.337 e. The van der Waals surface area contributed by atoms with Crippen LogP contribution in [0, 0.1) is 19.8 Å². The molecular formula is C21H23N7O2. The van der Waals surface area contributed by atoms with E-state index < -0.39 is 5.54 Å². The number of nitrogens with zero attached hydrogens (tertiary/aromatic N) is 6. The summed E-state index contributed by atoms with van der Waals surface area (Å²) in [5.74, 6) is 2.14. The Morgan fingerprint density at radius 1 is 1.27 bits per heavy atom. The lowest BCUT2D eigenvalue weighted by Gasteiger charge is -2.61. The summed E-state index contributed by atoms with van der Waals surface area (Å²) >= 11 is 0. The van der Waals surface area contributed by atoms with Crippen LogP contribution in [0.15, 0.2) is 35.1 Å². The van der Waals surface area contributed by atoms with Crippen molar-refractivity contribution in [1.29, 1.82) is 0 Å². The first-order valence-corrected chi connectivity index (χ1v) is 10.1. The topological polar surface area (TPSA) is 110 Å². The maximum Gasteiger partial charge on any atom is 0.323 e.